The Morgan fingerprint density at radius 2 is 2.12 bits per heavy atom. The van der Waals surface area contributed by atoms with E-state index in [1.165, 1.54) is 0 Å². The van der Waals surface area contributed by atoms with E-state index < -0.39 is 0 Å². The maximum absolute atomic E-state index is 11.7. The third kappa shape index (κ3) is 4.61. The maximum Gasteiger partial charge on any atom is 0.236 e. The van der Waals surface area contributed by atoms with Gasteiger partial charge >= 0.3 is 0 Å². The highest BCUT2D eigenvalue weighted by atomic mass is 16.3. The van der Waals surface area contributed by atoms with Crippen LogP contribution in [0.2, 0.25) is 0 Å². The van der Waals surface area contributed by atoms with E-state index in [0.717, 1.165) is 11.3 Å². The van der Waals surface area contributed by atoms with Crippen LogP contribution in [0, 0.1) is 12.8 Å². The van der Waals surface area contributed by atoms with Crippen molar-refractivity contribution in [2.24, 2.45) is 5.92 Å². The summed E-state index contributed by atoms with van der Waals surface area (Å²) < 4.78 is 5.30. The van der Waals surface area contributed by atoms with Gasteiger partial charge in [0, 0.05) is 6.54 Å². The average molecular weight is 238 g/mol. The molecule has 1 rings (SSSR count). The molecule has 0 radical (unpaired) electrons. The second-order valence-electron chi connectivity index (χ2n) is 4.77. The number of amides is 1. The van der Waals surface area contributed by atoms with Gasteiger partial charge < -0.3 is 9.73 Å². The van der Waals surface area contributed by atoms with Gasteiger partial charge in [0.1, 0.15) is 5.76 Å². The fourth-order valence-corrected chi connectivity index (χ4v) is 1.38. The molecule has 0 aliphatic heterocycles. The molecule has 1 atom stereocenters. The Morgan fingerprint density at radius 3 is 2.65 bits per heavy atom. The van der Waals surface area contributed by atoms with Crippen LogP contribution in [0.1, 0.15) is 32.1 Å². The van der Waals surface area contributed by atoms with Crippen LogP contribution < -0.4 is 10.6 Å². The topological polar surface area (TPSA) is 54.3 Å². The Balaban J connectivity index is 2.31. The number of hydrogen-bond acceptors (Lipinski definition) is 3. The van der Waals surface area contributed by atoms with Crippen molar-refractivity contribution in [1.29, 1.82) is 0 Å². The molecule has 0 spiro atoms. The molecule has 1 unspecified atom stereocenters. The Hall–Kier alpha value is -1.29. The first kappa shape index (κ1) is 13.8. The van der Waals surface area contributed by atoms with Crippen molar-refractivity contribution in [3.05, 3.63) is 23.7 Å². The van der Waals surface area contributed by atoms with Crippen LogP contribution in [-0.4, -0.2) is 18.5 Å². The normalized spacial score (nSPS) is 12.8. The molecule has 1 heterocycles. The van der Waals surface area contributed by atoms with Gasteiger partial charge in [-0.25, -0.2) is 0 Å². The Morgan fingerprint density at radius 1 is 1.41 bits per heavy atom. The summed E-state index contributed by atoms with van der Waals surface area (Å²) in [5, 5.41) is 6.04. The SMILES string of the molecule is Cc1ccoc1CNC(C)C(=O)NCC(C)C. The van der Waals surface area contributed by atoms with E-state index in [1.807, 2.05) is 19.9 Å². The predicted molar refractivity (Wildman–Crippen MR) is 67.6 cm³/mol. The first-order chi connectivity index (χ1) is 8.00. The van der Waals surface area contributed by atoms with Crippen LogP contribution in [0.5, 0.6) is 0 Å². The summed E-state index contributed by atoms with van der Waals surface area (Å²) in [6.45, 7) is 9.28. The second kappa shape index (κ2) is 6.45. The van der Waals surface area contributed by atoms with E-state index >= 15 is 0 Å². The Labute approximate surface area is 103 Å². The summed E-state index contributed by atoms with van der Waals surface area (Å²) in [5.41, 5.74) is 1.10. The summed E-state index contributed by atoms with van der Waals surface area (Å²) in [6, 6.07) is 1.71. The summed E-state index contributed by atoms with van der Waals surface area (Å²) in [6.07, 6.45) is 1.66. The molecule has 0 saturated carbocycles. The van der Waals surface area contributed by atoms with Crippen molar-refractivity contribution in [1.82, 2.24) is 10.6 Å². The molecule has 0 aliphatic rings. The highest BCUT2D eigenvalue weighted by Gasteiger charge is 2.13. The third-order valence-electron chi connectivity index (χ3n) is 2.61. The lowest BCUT2D eigenvalue weighted by Crippen LogP contribution is -2.42. The largest absolute Gasteiger partial charge is 0.468 e. The zero-order chi connectivity index (χ0) is 12.8. The van der Waals surface area contributed by atoms with Gasteiger partial charge in [-0.1, -0.05) is 13.8 Å². The van der Waals surface area contributed by atoms with Crippen molar-refractivity contribution in [3.63, 3.8) is 0 Å². The van der Waals surface area contributed by atoms with Gasteiger partial charge in [0.2, 0.25) is 5.91 Å². The van der Waals surface area contributed by atoms with Crippen LogP contribution in [-0.2, 0) is 11.3 Å². The highest BCUT2D eigenvalue weighted by molar-refractivity contribution is 5.81. The van der Waals surface area contributed by atoms with Crippen molar-refractivity contribution in [2.75, 3.05) is 6.54 Å². The first-order valence-electron chi connectivity index (χ1n) is 6.04. The quantitative estimate of drug-likeness (QED) is 0.795. The molecule has 4 nitrogen and oxygen atoms in total. The highest BCUT2D eigenvalue weighted by Crippen LogP contribution is 2.08. The fraction of sp³-hybridized carbons (Fsp3) is 0.615. The van der Waals surface area contributed by atoms with Gasteiger partial charge in [0.25, 0.3) is 0 Å². The minimum absolute atomic E-state index is 0.0305. The molecule has 0 fully saturated rings. The molecule has 0 aromatic carbocycles. The number of hydrogen-bond donors (Lipinski definition) is 2. The molecule has 0 saturated heterocycles. The van der Waals surface area contributed by atoms with E-state index in [-0.39, 0.29) is 11.9 Å². The van der Waals surface area contributed by atoms with Gasteiger partial charge in [-0.15, -0.1) is 0 Å². The molecular formula is C13H22N2O2. The van der Waals surface area contributed by atoms with Crippen molar-refractivity contribution >= 4 is 5.91 Å². The van der Waals surface area contributed by atoms with Crippen LogP contribution in [0.15, 0.2) is 16.7 Å². The molecular weight excluding hydrogens is 216 g/mol. The number of rotatable bonds is 6. The predicted octanol–water partition coefficient (Wildman–Crippen LogP) is 1.84. The van der Waals surface area contributed by atoms with Crippen LogP contribution in [0.3, 0.4) is 0 Å². The van der Waals surface area contributed by atoms with Crippen LogP contribution >= 0.6 is 0 Å². The van der Waals surface area contributed by atoms with Gasteiger partial charge in [-0.05, 0) is 31.4 Å². The van der Waals surface area contributed by atoms with Crippen molar-refractivity contribution in [3.8, 4) is 0 Å². The summed E-state index contributed by atoms with van der Waals surface area (Å²) in [4.78, 5) is 11.7. The second-order valence-corrected chi connectivity index (χ2v) is 4.77. The number of aryl methyl sites for hydroxylation is 1. The van der Waals surface area contributed by atoms with E-state index in [1.54, 1.807) is 6.26 Å². The van der Waals surface area contributed by atoms with Gasteiger partial charge in [0.15, 0.2) is 0 Å². The van der Waals surface area contributed by atoms with Crippen molar-refractivity contribution < 1.29 is 9.21 Å². The monoisotopic (exact) mass is 238 g/mol. The molecule has 17 heavy (non-hydrogen) atoms. The van der Waals surface area contributed by atoms with Crippen LogP contribution in [0.25, 0.3) is 0 Å². The van der Waals surface area contributed by atoms with E-state index in [9.17, 15) is 4.79 Å². The Bertz CT molecular complexity index is 358. The lowest BCUT2D eigenvalue weighted by molar-refractivity contribution is -0.122. The molecule has 1 amide bonds. The summed E-state index contributed by atoms with van der Waals surface area (Å²) in [5.74, 6) is 1.38. The van der Waals surface area contributed by atoms with Gasteiger partial charge in [0.05, 0.1) is 18.8 Å². The van der Waals surface area contributed by atoms with Crippen LogP contribution in [0.4, 0.5) is 0 Å². The zero-order valence-corrected chi connectivity index (χ0v) is 11.0. The standard InChI is InChI=1S/C13H22N2O2/c1-9(2)7-15-13(16)11(4)14-8-12-10(3)5-6-17-12/h5-6,9,11,14H,7-8H2,1-4H3,(H,15,16). The summed E-state index contributed by atoms with van der Waals surface area (Å²) in [7, 11) is 0. The van der Waals surface area contributed by atoms with Gasteiger partial charge in [-0.2, -0.15) is 0 Å². The minimum atomic E-state index is -0.210. The Kier molecular flexibility index (Phi) is 5.22. The average Bonchev–Trinajstić information content (AvgIpc) is 2.68. The number of furan rings is 1. The molecule has 96 valence electrons. The van der Waals surface area contributed by atoms with E-state index in [0.29, 0.717) is 19.0 Å². The van der Waals surface area contributed by atoms with Gasteiger partial charge in [-0.3, -0.25) is 10.1 Å². The lowest BCUT2D eigenvalue weighted by Gasteiger charge is -2.14. The third-order valence-corrected chi connectivity index (χ3v) is 2.61. The first-order valence-corrected chi connectivity index (χ1v) is 6.04. The van der Waals surface area contributed by atoms with E-state index in [2.05, 4.69) is 24.5 Å². The maximum atomic E-state index is 11.7. The minimum Gasteiger partial charge on any atom is -0.468 e. The number of carbonyl (C=O) groups is 1. The smallest absolute Gasteiger partial charge is 0.236 e. The fourth-order valence-electron chi connectivity index (χ4n) is 1.38. The number of carbonyl (C=O) groups excluding carboxylic acids is 1. The number of nitrogens with one attached hydrogen (secondary N) is 2. The molecule has 0 bridgehead atoms. The zero-order valence-electron chi connectivity index (χ0n) is 11.0. The molecule has 0 aliphatic carbocycles. The molecule has 1 aromatic rings. The molecule has 1 aromatic heterocycles. The van der Waals surface area contributed by atoms with Crippen molar-refractivity contribution in [2.45, 2.75) is 40.3 Å². The molecule has 4 heteroatoms. The lowest BCUT2D eigenvalue weighted by atomic mass is 10.2. The summed E-state index contributed by atoms with van der Waals surface area (Å²) >= 11 is 0. The molecule has 2 N–H and O–H groups in total. The van der Waals surface area contributed by atoms with E-state index in [4.69, 9.17) is 4.42 Å².